The topological polar surface area (TPSA) is 78.9 Å². The summed E-state index contributed by atoms with van der Waals surface area (Å²) in [6.07, 6.45) is 89.2. The maximum Gasteiger partial charge on any atom is 0.306 e. The van der Waals surface area contributed by atoms with Crippen LogP contribution < -0.4 is 0 Å². The lowest BCUT2D eigenvalue weighted by molar-refractivity contribution is -0.167. The van der Waals surface area contributed by atoms with Crippen molar-refractivity contribution in [3.63, 3.8) is 0 Å². The monoisotopic (exact) mass is 1100 g/mol. The molecule has 79 heavy (non-hydrogen) atoms. The smallest absolute Gasteiger partial charge is 0.306 e. The van der Waals surface area contributed by atoms with Crippen molar-refractivity contribution in [2.24, 2.45) is 0 Å². The highest BCUT2D eigenvalue weighted by Gasteiger charge is 2.19. The summed E-state index contributed by atoms with van der Waals surface area (Å²) in [7, 11) is 0. The molecule has 0 radical (unpaired) electrons. The Hall–Kier alpha value is -3.41. The predicted molar refractivity (Wildman–Crippen MR) is 344 cm³/mol. The van der Waals surface area contributed by atoms with Crippen LogP contribution in [-0.4, -0.2) is 37.2 Å². The van der Waals surface area contributed by atoms with Gasteiger partial charge in [-0.25, -0.2) is 0 Å². The fourth-order valence-corrected chi connectivity index (χ4v) is 9.84. The van der Waals surface area contributed by atoms with E-state index in [4.69, 9.17) is 14.2 Å². The van der Waals surface area contributed by atoms with Gasteiger partial charge in [0.15, 0.2) is 6.10 Å². The van der Waals surface area contributed by atoms with Gasteiger partial charge in [0.2, 0.25) is 0 Å². The first kappa shape index (κ1) is 75.6. The average Bonchev–Trinajstić information content (AvgIpc) is 3.45. The van der Waals surface area contributed by atoms with Crippen LogP contribution in [0.3, 0.4) is 0 Å². The number of allylic oxidation sites excluding steroid dienone is 14. The van der Waals surface area contributed by atoms with E-state index in [1.165, 1.54) is 193 Å². The lowest BCUT2D eigenvalue weighted by Crippen LogP contribution is -2.30. The van der Waals surface area contributed by atoms with E-state index in [1.807, 2.05) is 0 Å². The highest BCUT2D eigenvalue weighted by Crippen LogP contribution is 2.18. The molecular weight excluding hydrogens is 973 g/mol. The van der Waals surface area contributed by atoms with Crippen molar-refractivity contribution in [3.8, 4) is 0 Å². The Labute approximate surface area is 490 Å². The van der Waals surface area contributed by atoms with E-state index in [2.05, 4.69) is 106 Å². The van der Waals surface area contributed by atoms with Gasteiger partial charge >= 0.3 is 17.9 Å². The van der Waals surface area contributed by atoms with Crippen LogP contribution in [0.2, 0.25) is 0 Å². The van der Waals surface area contributed by atoms with E-state index in [1.54, 1.807) is 0 Å². The Kier molecular flexibility index (Phi) is 64.2. The molecule has 1 atom stereocenters. The normalized spacial score (nSPS) is 12.6. The molecule has 456 valence electrons. The summed E-state index contributed by atoms with van der Waals surface area (Å²) >= 11 is 0. The van der Waals surface area contributed by atoms with Crippen LogP contribution in [0, 0.1) is 0 Å². The molecule has 0 aromatic rings. The minimum Gasteiger partial charge on any atom is -0.462 e. The van der Waals surface area contributed by atoms with E-state index in [0.29, 0.717) is 19.3 Å². The summed E-state index contributed by atoms with van der Waals surface area (Å²) in [5, 5.41) is 0. The van der Waals surface area contributed by atoms with Gasteiger partial charge in [-0.2, -0.15) is 0 Å². The molecular formula is C73H128O6. The Morgan fingerprint density at radius 2 is 0.494 bits per heavy atom. The van der Waals surface area contributed by atoms with Gasteiger partial charge in [-0.05, 0) is 77.0 Å². The molecule has 0 aliphatic carbocycles. The molecule has 0 heterocycles. The Morgan fingerprint density at radius 3 is 0.772 bits per heavy atom. The summed E-state index contributed by atoms with van der Waals surface area (Å²) in [6.45, 7) is 6.52. The van der Waals surface area contributed by atoms with Crippen LogP contribution in [0.4, 0.5) is 0 Å². The second-order valence-electron chi connectivity index (χ2n) is 22.7. The van der Waals surface area contributed by atoms with Crippen LogP contribution in [0.15, 0.2) is 85.1 Å². The van der Waals surface area contributed by atoms with Gasteiger partial charge in [-0.15, -0.1) is 0 Å². The number of rotatable bonds is 62. The first-order valence-electron chi connectivity index (χ1n) is 34.1. The molecule has 0 amide bonds. The Morgan fingerprint density at radius 1 is 0.266 bits per heavy atom. The third-order valence-electron chi connectivity index (χ3n) is 14.9. The van der Waals surface area contributed by atoms with Crippen molar-refractivity contribution in [1.82, 2.24) is 0 Å². The maximum absolute atomic E-state index is 12.9. The fourth-order valence-electron chi connectivity index (χ4n) is 9.84. The van der Waals surface area contributed by atoms with E-state index in [0.717, 1.165) is 109 Å². The highest BCUT2D eigenvalue weighted by molar-refractivity contribution is 5.71. The molecule has 0 saturated carbocycles. The fraction of sp³-hybridized carbons (Fsp3) is 0.767. The SMILES string of the molecule is CC/C=C\C/C=C\C/C=C\C/C=C\C/C=C\C/C=C\C/C=C\CCCCCCCCCCCC(=O)OCC(COC(=O)CCCCCCCCC)OC(=O)CCCCCCCCCCCCCCCCCCCCCCCCC. The molecule has 1 unspecified atom stereocenters. The number of carbonyl (C=O) groups is 3. The first-order valence-corrected chi connectivity index (χ1v) is 34.1. The molecule has 0 fully saturated rings. The molecule has 6 nitrogen and oxygen atoms in total. The third kappa shape index (κ3) is 65.3. The third-order valence-corrected chi connectivity index (χ3v) is 14.9. The zero-order valence-corrected chi connectivity index (χ0v) is 52.4. The number of ether oxygens (including phenoxy) is 3. The summed E-state index contributed by atoms with van der Waals surface area (Å²) in [5.74, 6) is -0.870. The lowest BCUT2D eigenvalue weighted by atomic mass is 10.0. The largest absolute Gasteiger partial charge is 0.462 e. The zero-order valence-electron chi connectivity index (χ0n) is 52.4. The first-order chi connectivity index (χ1) is 39.0. The Bertz CT molecular complexity index is 1500. The average molecular weight is 1100 g/mol. The number of hydrogen-bond acceptors (Lipinski definition) is 6. The summed E-state index contributed by atoms with van der Waals surface area (Å²) in [6, 6.07) is 0. The van der Waals surface area contributed by atoms with E-state index in [9.17, 15) is 14.4 Å². The standard InChI is InChI=1S/C73H128O6/c1-4-7-10-13-16-18-20-22-24-26-28-30-32-33-34-35-36-37-38-39-41-42-44-46-48-50-52-54-57-60-63-66-72(75)78-69-70(68-77-71(74)65-62-59-56-15-12-9-6-3)79-73(76)67-64-61-58-55-53-51-49-47-45-43-40-31-29-27-25-23-21-19-17-14-11-8-5-2/h7,10,16,18,22,24,28,30,33-34,36-37,39,41,70H,4-6,8-9,11-15,17,19-21,23,25-27,29,31-32,35,38,40,42-69H2,1-3H3/b10-7-,18-16-,24-22-,30-28-,34-33-,37-36-,41-39-. The number of hydrogen-bond donors (Lipinski definition) is 0. The molecule has 0 N–H and O–H groups in total. The molecule has 0 aliphatic rings. The molecule has 0 rings (SSSR count). The van der Waals surface area contributed by atoms with E-state index in [-0.39, 0.29) is 31.1 Å². The molecule has 0 bridgehead atoms. The zero-order chi connectivity index (χ0) is 57.1. The maximum atomic E-state index is 12.9. The van der Waals surface area contributed by atoms with Gasteiger partial charge in [0.25, 0.3) is 0 Å². The minimum atomic E-state index is -0.775. The second-order valence-corrected chi connectivity index (χ2v) is 22.7. The van der Waals surface area contributed by atoms with Crippen molar-refractivity contribution < 1.29 is 28.6 Å². The van der Waals surface area contributed by atoms with Gasteiger partial charge < -0.3 is 14.2 Å². The van der Waals surface area contributed by atoms with Crippen molar-refractivity contribution in [2.45, 2.75) is 348 Å². The predicted octanol–water partition coefficient (Wildman–Crippen LogP) is 23.4. The van der Waals surface area contributed by atoms with Gasteiger partial charge in [0.1, 0.15) is 13.2 Å². The van der Waals surface area contributed by atoms with E-state index < -0.39 is 6.10 Å². The molecule has 6 heteroatoms. The van der Waals surface area contributed by atoms with Gasteiger partial charge in [0.05, 0.1) is 0 Å². The van der Waals surface area contributed by atoms with Crippen LogP contribution in [-0.2, 0) is 28.6 Å². The van der Waals surface area contributed by atoms with Gasteiger partial charge in [0, 0.05) is 19.3 Å². The van der Waals surface area contributed by atoms with Gasteiger partial charge in [-0.3, -0.25) is 14.4 Å². The van der Waals surface area contributed by atoms with Crippen LogP contribution in [0.25, 0.3) is 0 Å². The molecule has 0 saturated heterocycles. The second kappa shape index (κ2) is 67.1. The lowest BCUT2D eigenvalue weighted by Gasteiger charge is -2.18. The van der Waals surface area contributed by atoms with Crippen molar-refractivity contribution >= 4 is 17.9 Å². The highest BCUT2D eigenvalue weighted by atomic mass is 16.6. The molecule has 0 spiro atoms. The molecule has 0 aromatic carbocycles. The van der Waals surface area contributed by atoms with Crippen LogP contribution >= 0.6 is 0 Å². The van der Waals surface area contributed by atoms with Crippen molar-refractivity contribution in [2.75, 3.05) is 13.2 Å². The number of carbonyl (C=O) groups excluding carboxylic acids is 3. The van der Waals surface area contributed by atoms with Crippen molar-refractivity contribution in [3.05, 3.63) is 85.1 Å². The quantitative estimate of drug-likeness (QED) is 0.0261. The minimum absolute atomic E-state index is 0.0739. The van der Waals surface area contributed by atoms with Crippen LogP contribution in [0.1, 0.15) is 342 Å². The van der Waals surface area contributed by atoms with Gasteiger partial charge in [-0.1, -0.05) is 331 Å². The van der Waals surface area contributed by atoms with E-state index >= 15 is 0 Å². The van der Waals surface area contributed by atoms with Crippen LogP contribution in [0.5, 0.6) is 0 Å². The summed E-state index contributed by atoms with van der Waals surface area (Å²) < 4.78 is 16.9. The Balaban J connectivity index is 4.10. The number of unbranched alkanes of at least 4 members (excludes halogenated alkanes) is 37. The van der Waals surface area contributed by atoms with Crippen molar-refractivity contribution in [1.29, 1.82) is 0 Å². The number of esters is 3. The molecule has 0 aliphatic heterocycles. The summed E-state index contributed by atoms with van der Waals surface area (Å²) in [5.41, 5.74) is 0. The molecule has 0 aromatic heterocycles. The summed E-state index contributed by atoms with van der Waals surface area (Å²) in [4.78, 5) is 38.1.